The highest BCUT2D eigenvalue weighted by Crippen LogP contribution is 2.18. The molecule has 0 spiro atoms. The topological polar surface area (TPSA) is 44.0 Å². The van der Waals surface area contributed by atoms with E-state index < -0.39 is 5.60 Å². The molecule has 0 amide bonds. The highest BCUT2D eigenvalue weighted by Gasteiger charge is 2.20. The number of nitrogens with zero attached hydrogens (tertiary/aromatic N) is 1. The maximum absolute atomic E-state index is 9.46. The minimum atomic E-state index is -0.789. The minimum Gasteiger partial charge on any atom is -0.389 e. The Balaban J connectivity index is 3.77. The fraction of sp³-hybridized carbons (Fsp3) is 0.875. The van der Waals surface area contributed by atoms with Crippen molar-refractivity contribution in [1.29, 1.82) is 5.26 Å². The van der Waals surface area contributed by atoms with Crippen molar-refractivity contribution in [3.05, 3.63) is 0 Å². The lowest BCUT2D eigenvalue weighted by molar-refractivity contribution is 0.0432. The SMILES string of the molecule is CC(C)C[C@](C)(O)CC#N. The van der Waals surface area contributed by atoms with Crippen LogP contribution in [0.4, 0.5) is 0 Å². The highest BCUT2D eigenvalue weighted by atomic mass is 16.3. The summed E-state index contributed by atoms with van der Waals surface area (Å²) in [7, 11) is 0. The quantitative estimate of drug-likeness (QED) is 0.650. The van der Waals surface area contributed by atoms with Crippen LogP contribution < -0.4 is 0 Å². The summed E-state index contributed by atoms with van der Waals surface area (Å²) in [5, 5.41) is 17.8. The van der Waals surface area contributed by atoms with E-state index in [1.54, 1.807) is 6.92 Å². The second-order valence-electron chi connectivity index (χ2n) is 3.43. The van der Waals surface area contributed by atoms with E-state index in [4.69, 9.17) is 5.26 Å². The van der Waals surface area contributed by atoms with Crippen molar-refractivity contribution in [2.45, 2.75) is 39.2 Å². The average Bonchev–Trinajstić information content (AvgIpc) is 1.59. The van der Waals surface area contributed by atoms with Gasteiger partial charge in [-0.3, -0.25) is 0 Å². The van der Waals surface area contributed by atoms with E-state index in [-0.39, 0.29) is 6.42 Å². The van der Waals surface area contributed by atoms with E-state index in [2.05, 4.69) is 0 Å². The van der Waals surface area contributed by atoms with Gasteiger partial charge in [-0.15, -0.1) is 0 Å². The molecule has 0 heterocycles. The van der Waals surface area contributed by atoms with Gasteiger partial charge in [-0.05, 0) is 19.3 Å². The van der Waals surface area contributed by atoms with Crippen molar-refractivity contribution in [3.63, 3.8) is 0 Å². The van der Waals surface area contributed by atoms with Crippen LogP contribution in [0, 0.1) is 17.2 Å². The van der Waals surface area contributed by atoms with Crippen LogP contribution in [0.2, 0.25) is 0 Å². The van der Waals surface area contributed by atoms with E-state index in [0.29, 0.717) is 12.3 Å². The van der Waals surface area contributed by atoms with Gasteiger partial charge < -0.3 is 5.11 Å². The zero-order valence-corrected chi connectivity index (χ0v) is 6.89. The van der Waals surface area contributed by atoms with Crippen LogP contribution in [0.15, 0.2) is 0 Å². The van der Waals surface area contributed by atoms with Gasteiger partial charge in [-0.25, -0.2) is 0 Å². The van der Waals surface area contributed by atoms with Crippen molar-refractivity contribution in [2.75, 3.05) is 0 Å². The molecule has 1 N–H and O–H groups in total. The molecule has 10 heavy (non-hydrogen) atoms. The third-order valence-corrected chi connectivity index (χ3v) is 1.31. The predicted octanol–water partition coefficient (Wildman–Crippen LogP) is 1.70. The molecule has 1 atom stereocenters. The van der Waals surface area contributed by atoms with Crippen LogP contribution in [-0.2, 0) is 0 Å². The summed E-state index contributed by atoms with van der Waals surface area (Å²) in [5.74, 6) is 0.448. The molecule has 0 fully saturated rings. The Morgan fingerprint density at radius 2 is 2.10 bits per heavy atom. The van der Waals surface area contributed by atoms with E-state index in [0.717, 1.165) is 0 Å². The molecule has 0 aliphatic heterocycles. The first-order valence-electron chi connectivity index (χ1n) is 3.57. The normalized spacial score (nSPS) is 16.4. The highest BCUT2D eigenvalue weighted by molar-refractivity contribution is 4.85. The lowest BCUT2D eigenvalue weighted by atomic mass is 9.92. The van der Waals surface area contributed by atoms with E-state index in [1.165, 1.54) is 0 Å². The average molecular weight is 141 g/mol. The summed E-state index contributed by atoms with van der Waals surface area (Å²) >= 11 is 0. The molecule has 0 saturated heterocycles. The monoisotopic (exact) mass is 141 g/mol. The van der Waals surface area contributed by atoms with Gasteiger partial charge in [0.1, 0.15) is 0 Å². The molecule has 2 heteroatoms. The number of rotatable bonds is 3. The molecule has 0 radical (unpaired) electrons. The third kappa shape index (κ3) is 4.34. The van der Waals surface area contributed by atoms with E-state index in [9.17, 15) is 5.11 Å². The second kappa shape index (κ2) is 3.58. The predicted molar refractivity (Wildman–Crippen MR) is 40.3 cm³/mol. The maximum Gasteiger partial charge on any atom is 0.0751 e. The Morgan fingerprint density at radius 3 is 2.40 bits per heavy atom. The van der Waals surface area contributed by atoms with Crippen LogP contribution in [-0.4, -0.2) is 10.7 Å². The largest absolute Gasteiger partial charge is 0.389 e. The Bertz CT molecular complexity index is 133. The van der Waals surface area contributed by atoms with Crippen LogP contribution in [0.25, 0.3) is 0 Å². The zero-order valence-electron chi connectivity index (χ0n) is 6.89. The van der Waals surface area contributed by atoms with Gasteiger partial charge in [0.05, 0.1) is 18.1 Å². The molecule has 0 aliphatic rings. The maximum atomic E-state index is 9.46. The smallest absolute Gasteiger partial charge is 0.0751 e. The number of hydrogen-bond donors (Lipinski definition) is 1. The molecule has 0 rings (SSSR count). The lowest BCUT2D eigenvalue weighted by Gasteiger charge is -2.21. The standard InChI is InChI=1S/C8H15NO/c1-7(2)6-8(3,10)4-5-9/h7,10H,4,6H2,1-3H3/t8-/m1/s1. The molecule has 0 bridgehead atoms. The molecule has 2 nitrogen and oxygen atoms in total. The van der Waals surface area contributed by atoms with Crippen LogP contribution in [0.1, 0.15) is 33.6 Å². The Morgan fingerprint density at radius 1 is 1.60 bits per heavy atom. The van der Waals surface area contributed by atoms with Gasteiger partial charge in [0.15, 0.2) is 0 Å². The van der Waals surface area contributed by atoms with Crippen LogP contribution in [0.5, 0.6) is 0 Å². The fourth-order valence-electron chi connectivity index (χ4n) is 1.12. The van der Waals surface area contributed by atoms with Crippen molar-refractivity contribution in [2.24, 2.45) is 5.92 Å². The van der Waals surface area contributed by atoms with Crippen molar-refractivity contribution < 1.29 is 5.11 Å². The first kappa shape index (κ1) is 9.45. The molecular weight excluding hydrogens is 126 g/mol. The van der Waals surface area contributed by atoms with Crippen molar-refractivity contribution in [3.8, 4) is 6.07 Å². The molecule has 0 aromatic carbocycles. The summed E-state index contributed by atoms with van der Waals surface area (Å²) < 4.78 is 0. The van der Waals surface area contributed by atoms with Gasteiger partial charge in [-0.1, -0.05) is 13.8 Å². The summed E-state index contributed by atoms with van der Waals surface area (Å²) in [5.41, 5.74) is -0.789. The molecule has 0 aromatic rings. The Labute approximate surface area is 62.5 Å². The summed E-state index contributed by atoms with van der Waals surface area (Å²) in [6.45, 7) is 5.77. The number of nitriles is 1. The Kier molecular flexibility index (Phi) is 3.38. The van der Waals surface area contributed by atoms with Gasteiger partial charge in [0.25, 0.3) is 0 Å². The van der Waals surface area contributed by atoms with Gasteiger partial charge >= 0.3 is 0 Å². The molecule has 0 aliphatic carbocycles. The fourth-order valence-corrected chi connectivity index (χ4v) is 1.12. The van der Waals surface area contributed by atoms with E-state index in [1.807, 2.05) is 19.9 Å². The third-order valence-electron chi connectivity index (χ3n) is 1.31. The number of aliphatic hydroxyl groups is 1. The Hall–Kier alpha value is -0.550. The summed E-state index contributed by atoms with van der Waals surface area (Å²) in [4.78, 5) is 0. The summed E-state index contributed by atoms with van der Waals surface area (Å²) in [6, 6.07) is 1.96. The van der Waals surface area contributed by atoms with Crippen LogP contribution in [0.3, 0.4) is 0 Å². The molecule has 58 valence electrons. The van der Waals surface area contributed by atoms with Crippen molar-refractivity contribution in [1.82, 2.24) is 0 Å². The minimum absolute atomic E-state index is 0.227. The molecule has 0 saturated carbocycles. The van der Waals surface area contributed by atoms with Gasteiger partial charge in [0, 0.05) is 0 Å². The van der Waals surface area contributed by atoms with E-state index >= 15 is 0 Å². The van der Waals surface area contributed by atoms with Crippen LogP contribution >= 0.6 is 0 Å². The van der Waals surface area contributed by atoms with Gasteiger partial charge in [0.2, 0.25) is 0 Å². The second-order valence-corrected chi connectivity index (χ2v) is 3.43. The molecule has 0 aromatic heterocycles. The van der Waals surface area contributed by atoms with Gasteiger partial charge in [-0.2, -0.15) is 5.26 Å². The lowest BCUT2D eigenvalue weighted by Crippen LogP contribution is -2.25. The molecule has 0 unspecified atom stereocenters. The zero-order chi connectivity index (χ0) is 8.20. The summed E-state index contributed by atoms with van der Waals surface area (Å²) in [6.07, 6.45) is 0.922. The van der Waals surface area contributed by atoms with Crippen molar-refractivity contribution >= 4 is 0 Å². The molecular formula is C8H15NO. The first-order valence-corrected chi connectivity index (χ1v) is 3.57. The number of hydrogen-bond acceptors (Lipinski definition) is 2. The first-order chi connectivity index (χ1) is 4.48.